The molecule has 3 amide bonds. The molecule has 19 heavy (non-hydrogen) atoms. The van der Waals surface area contributed by atoms with Crippen molar-refractivity contribution < 1.29 is 19.5 Å². The van der Waals surface area contributed by atoms with Crippen LogP contribution in [-0.2, 0) is 9.59 Å². The molecule has 0 aromatic heterocycles. The summed E-state index contributed by atoms with van der Waals surface area (Å²) in [6.45, 7) is 1.51. The fourth-order valence-electron chi connectivity index (χ4n) is 2.07. The Kier molecular flexibility index (Phi) is 6.27. The smallest absolute Gasteiger partial charge is 0.321 e. The number of nitrogens with one attached hydrogen (secondary N) is 2. The number of urea groups is 1. The molecule has 108 valence electrons. The van der Waals surface area contributed by atoms with Crippen molar-refractivity contribution in [2.24, 2.45) is 0 Å². The van der Waals surface area contributed by atoms with E-state index in [0.717, 1.165) is 19.4 Å². The number of hydrogen-bond donors (Lipinski definition) is 3. The number of piperidine rings is 1. The van der Waals surface area contributed by atoms with E-state index in [1.807, 2.05) is 7.05 Å². The number of likely N-dealkylation sites (tertiary alicyclic amines) is 1. The molecular formula is C12H21N3O4. The van der Waals surface area contributed by atoms with E-state index in [1.165, 1.54) is 6.42 Å². The Bertz CT molecular complexity index is 346. The van der Waals surface area contributed by atoms with Crippen LogP contribution in [0.15, 0.2) is 0 Å². The fourth-order valence-corrected chi connectivity index (χ4v) is 2.07. The third kappa shape index (κ3) is 6.19. The zero-order chi connectivity index (χ0) is 14.3. The SMILES string of the molecule is CN1CCCCC1CNC(=O)NC(=O)CCC(=O)O. The molecular weight excluding hydrogens is 250 g/mol. The van der Waals surface area contributed by atoms with Gasteiger partial charge in [-0.1, -0.05) is 6.42 Å². The number of aliphatic carboxylic acids is 1. The van der Waals surface area contributed by atoms with E-state index in [0.29, 0.717) is 12.6 Å². The minimum Gasteiger partial charge on any atom is -0.481 e. The third-order valence-corrected chi connectivity index (χ3v) is 3.24. The first kappa shape index (κ1) is 15.4. The Labute approximate surface area is 112 Å². The van der Waals surface area contributed by atoms with Crippen molar-refractivity contribution in [2.45, 2.75) is 38.1 Å². The molecule has 0 saturated carbocycles. The molecule has 7 heteroatoms. The Hall–Kier alpha value is -1.63. The topological polar surface area (TPSA) is 98.7 Å². The summed E-state index contributed by atoms with van der Waals surface area (Å²) in [6.07, 6.45) is 2.89. The standard InChI is InChI=1S/C12H21N3O4/c1-15-7-3-2-4-9(15)8-13-12(19)14-10(16)5-6-11(17)18/h9H,2-8H2,1H3,(H,17,18)(H2,13,14,16,19). The Morgan fingerprint density at radius 2 is 2.00 bits per heavy atom. The fraction of sp³-hybridized carbons (Fsp3) is 0.750. The number of carbonyl (C=O) groups is 3. The molecule has 0 radical (unpaired) electrons. The van der Waals surface area contributed by atoms with Crippen molar-refractivity contribution in [1.29, 1.82) is 0 Å². The predicted octanol–water partition coefficient (Wildman–Crippen LogP) is 0.161. The van der Waals surface area contributed by atoms with Gasteiger partial charge < -0.3 is 15.3 Å². The second kappa shape index (κ2) is 7.73. The highest BCUT2D eigenvalue weighted by molar-refractivity contribution is 5.95. The molecule has 7 nitrogen and oxygen atoms in total. The highest BCUT2D eigenvalue weighted by Gasteiger charge is 2.19. The lowest BCUT2D eigenvalue weighted by Crippen LogP contribution is -2.48. The van der Waals surface area contributed by atoms with E-state index in [2.05, 4.69) is 15.5 Å². The maximum absolute atomic E-state index is 11.4. The van der Waals surface area contributed by atoms with Gasteiger partial charge in [-0.05, 0) is 26.4 Å². The minimum atomic E-state index is -1.06. The molecule has 0 spiro atoms. The van der Waals surface area contributed by atoms with Gasteiger partial charge in [0.05, 0.1) is 6.42 Å². The zero-order valence-electron chi connectivity index (χ0n) is 11.1. The van der Waals surface area contributed by atoms with E-state index in [9.17, 15) is 14.4 Å². The highest BCUT2D eigenvalue weighted by atomic mass is 16.4. The summed E-state index contributed by atoms with van der Waals surface area (Å²) < 4.78 is 0. The van der Waals surface area contributed by atoms with Gasteiger partial charge in [0.1, 0.15) is 0 Å². The molecule has 1 atom stereocenters. The van der Waals surface area contributed by atoms with Crippen LogP contribution >= 0.6 is 0 Å². The summed E-state index contributed by atoms with van der Waals surface area (Å²) in [5.41, 5.74) is 0. The van der Waals surface area contributed by atoms with Gasteiger partial charge in [0, 0.05) is 19.0 Å². The Morgan fingerprint density at radius 1 is 1.26 bits per heavy atom. The van der Waals surface area contributed by atoms with Crippen LogP contribution in [0.2, 0.25) is 0 Å². The molecule has 0 aromatic rings. The molecule has 3 N–H and O–H groups in total. The Balaban J connectivity index is 2.19. The second-order valence-electron chi connectivity index (χ2n) is 4.78. The second-order valence-corrected chi connectivity index (χ2v) is 4.78. The summed E-state index contributed by atoms with van der Waals surface area (Å²) in [4.78, 5) is 35.1. The lowest BCUT2D eigenvalue weighted by Gasteiger charge is -2.32. The molecule has 1 aliphatic heterocycles. The van der Waals surface area contributed by atoms with Gasteiger partial charge in [-0.15, -0.1) is 0 Å². The number of carboxylic acid groups (broad SMARTS) is 1. The minimum absolute atomic E-state index is 0.188. The lowest BCUT2D eigenvalue weighted by atomic mass is 10.0. The van der Waals surface area contributed by atoms with Gasteiger partial charge in [0.15, 0.2) is 0 Å². The highest BCUT2D eigenvalue weighted by Crippen LogP contribution is 2.13. The first-order valence-corrected chi connectivity index (χ1v) is 6.48. The number of hydrogen-bond acceptors (Lipinski definition) is 4. The van der Waals surface area contributed by atoms with E-state index in [4.69, 9.17) is 5.11 Å². The average Bonchev–Trinajstić information content (AvgIpc) is 2.35. The van der Waals surface area contributed by atoms with E-state index in [1.54, 1.807) is 0 Å². The molecule has 1 aliphatic rings. The van der Waals surface area contributed by atoms with Crippen LogP contribution in [0.1, 0.15) is 32.1 Å². The average molecular weight is 271 g/mol. The summed E-state index contributed by atoms with van der Waals surface area (Å²) in [6, 6.07) is -0.261. The van der Waals surface area contributed by atoms with Crippen LogP contribution < -0.4 is 10.6 Å². The molecule has 0 aromatic carbocycles. The molecule has 1 saturated heterocycles. The van der Waals surface area contributed by atoms with Crippen molar-refractivity contribution in [3.63, 3.8) is 0 Å². The van der Waals surface area contributed by atoms with E-state index in [-0.39, 0.29) is 12.8 Å². The first-order valence-electron chi connectivity index (χ1n) is 6.48. The lowest BCUT2D eigenvalue weighted by molar-refractivity contribution is -0.138. The van der Waals surface area contributed by atoms with Crippen molar-refractivity contribution >= 4 is 17.9 Å². The van der Waals surface area contributed by atoms with Crippen LogP contribution in [0.25, 0.3) is 0 Å². The van der Waals surface area contributed by atoms with Gasteiger partial charge in [-0.3, -0.25) is 14.9 Å². The van der Waals surface area contributed by atoms with Crippen LogP contribution in [0.4, 0.5) is 4.79 Å². The number of imide groups is 1. The third-order valence-electron chi connectivity index (χ3n) is 3.24. The van der Waals surface area contributed by atoms with Gasteiger partial charge in [-0.2, -0.15) is 0 Å². The monoisotopic (exact) mass is 271 g/mol. The van der Waals surface area contributed by atoms with E-state index >= 15 is 0 Å². The zero-order valence-corrected chi connectivity index (χ0v) is 11.1. The predicted molar refractivity (Wildman–Crippen MR) is 68.7 cm³/mol. The van der Waals surface area contributed by atoms with Gasteiger partial charge in [0.25, 0.3) is 0 Å². The summed E-state index contributed by atoms with van der Waals surface area (Å²) in [5, 5.41) is 13.2. The molecule has 0 bridgehead atoms. The number of rotatable bonds is 5. The largest absolute Gasteiger partial charge is 0.481 e. The Morgan fingerprint density at radius 3 is 2.63 bits per heavy atom. The first-order chi connectivity index (χ1) is 8.99. The van der Waals surface area contributed by atoms with Gasteiger partial charge >= 0.3 is 12.0 Å². The van der Waals surface area contributed by atoms with Crippen LogP contribution in [-0.4, -0.2) is 54.1 Å². The molecule has 0 aliphatic carbocycles. The normalized spacial score (nSPS) is 19.7. The van der Waals surface area contributed by atoms with Crippen molar-refractivity contribution in [2.75, 3.05) is 20.1 Å². The molecule has 1 fully saturated rings. The maximum Gasteiger partial charge on any atom is 0.321 e. The molecule has 1 heterocycles. The van der Waals surface area contributed by atoms with Crippen LogP contribution in [0.3, 0.4) is 0 Å². The number of carboxylic acids is 1. The summed E-state index contributed by atoms with van der Waals surface area (Å²) >= 11 is 0. The van der Waals surface area contributed by atoms with Gasteiger partial charge in [-0.25, -0.2) is 4.79 Å². The summed E-state index contributed by atoms with van der Waals surface area (Å²) in [7, 11) is 2.02. The maximum atomic E-state index is 11.4. The number of likely N-dealkylation sites (N-methyl/N-ethyl adjacent to an activating group) is 1. The van der Waals surface area contributed by atoms with Crippen LogP contribution in [0.5, 0.6) is 0 Å². The number of amides is 3. The number of nitrogens with zero attached hydrogens (tertiary/aromatic N) is 1. The van der Waals surface area contributed by atoms with Crippen LogP contribution in [0, 0.1) is 0 Å². The molecule has 1 unspecified atom stereocenters. The van der Waals surface area contributed by atoms with E-state index < -0.39 is 17.9 Å². The van der Waals surface area contributed by atoms with Gasteiger partial charge in [0.2, 0.25) is 5.91 Å². The van der Waals surface area contributed by atoms with Crippen molar-refractivity contribution in [3.05, 3.63) is 0 Å². The molecule has 1 rings (SSSR count). The number of carbonyl (C=O) groups excluding carboxylic acids is 2. The quantitative estimate of drug-likeness (QED) is 0.661. The van der Waals surface area contributed by atoms with Crippen molar-refractivity contribution in [1.82, 2.24) is 15.5 Å². The summed E-state index contributed by atoms with van der Waals surface area (Å²) in [5.74, 6) is -1.63. The van der Waals surface area contributed by atoms with Crippen molar-refractivity contribution in [3.8, 4) is 0 Å².